The van der Waals surface area contributed by atoms with Crippen molar-refractivity contribution in [3.63, 3.8) is 0 Å². The Morgan fingerprint density at radius 1 is 1.31 bits per heavy atom. The molecule has 0 spiro atoms. The minimum Gasteiger partial charge on any atom is -0.443 e. The minimum atomic E-state index is -0.486. The zero-order valence-corrected chi connectivity index (χ0v) is 14.5. The lowest BCUT2D eigenvalue weighted by molar-refractivity contribution is -0.148. The maximum Gasteiger partial charge on any atom is 0.311 e. The molecule has 1 aliphatic carbocycles. The standard InChI is InChI=1S/C19H18N2O5/c1-4-9-26-20-10-14-15(19(14,2)3)18(24)25-11-21-16(22)12-7-5-6-8-13(12)17(21)23/h1,5-8,10,14-15H,9,11H2,2-3H3/t14-,15-/m0/s1. The Hall–Kier alpha value is -3.14. The van der Waals surface area contributed by atoms with E-state index in [9.17, 15) is 14.4 Å². The summed E-state index contributed by atoms with van der Waals surface area (Å²) in [5.74, 6) is 0.296. The molecule has 0 saturated heterocycles. The first-order valence-corrected chi connectivity index (χ1v) is 8.10. The summed E-state index contributed by atoms with van der Waals surface area (Å²) < 4.78 is 5.23. The topological polar surface area (TPSA) is 85.3 Å². The van der Waals surface area contributed by atoms with Crippen molar-refractivity contribution in [1.82, 2.24) is 4.90 Å². The number of carbonyl (C=O) groups is 3. The van der Waals surface area contributed by atoms with E-state index < -0.39 is 30.4 Å². The zero-order chi connectivity index (χ0) is 18.9. The van der Waals surface area contributed by atoms with E-state index in [4.69, 9.17) is 16.0 Å². The first-order valence-electron chi connectivity index (χ1n) is 8.10. The number of ether oxygens (including phenoxy) is 1. The van der Waals surface area contributed by atoms with Gasteiger partial charge in [-0.3, -0.25) is 14.4 Å². The smallest absolute Gasteiger partial charge is 0.311 e. The van der Waals surface area contributed by atoms with E-state index in [-0.39, 0.29) is 17.9 Å². The molecule has 0 unspecified atom stereocenters. The van der Waals surface area contributed by atoms with Gasteiger partial charge >= 0.3 is 5.97 Å². The van der Waals surface area contributed by atoms with Gasteiger partial charge in [-0.25, -0.2) is 4.90 Å². The molecule has 134 valence electrons. The molecule has 0 bridgehead atoms. The van der Waals surface area contributed by atoms with E-state index in [0.29, 0.717) is 11.1 Å². The average molecular weight is 354 g/mol. The Kier molecular flexibility index (Phi) is 4.51. The lowest BCUT2D eigenvalue weighted by atomic mass is 10.1. The summed E-state index contributed by atoms with van der Waals surface area (Å²) in [6.45, 7) is 3.45. The van der Waals surface area contributed by atoms with Crippen molar-refractivity contribution >= 4 is 24.0 Å². The van der Waals surface area contributed by atoms with Crippen LogP contribution in [0.1, 0.15) is 34.6 Å². The maximum absolute atomic E-state index is 12.4. The summed E-state index contributed by atoms with van der Waals surface area (Å²) >= 11 is 0. The van der Waals surface area contributed by atoms with E-state index in [1.165, 1.54) is 6.21 Å². The molecule has 2 atom stereocenters. The van der Waals surface area contributed by atoms with Crippen LogP contribution in [0.2, 0.25) is 0 Å². The van der Waals surface area contributed by atoms with Crippen LogP contribution in [0.5, 0.6) is 0 Å². The van der Waals surface area contributed by atoms with Crippen molar-refractivity contribution in [3.05, 3.63) is 35.4 Å². The molecule has 3 rings (SSSR count). The number of imide groups is 1. The van der Waals surface area contributed by atoms with Gasteiger partial charge in [0.2, 0.25) is 0 Å². The monoisotopic (exact) mass is 354 g/mol. The van der Waals surface area contributed by atoms with Gasteiger partial charge in [0.05, 0.1) is 17.0 Å². The molecule has 1 fully saturated rings. The molecule has 7 heteroatoms. The number of rotatable bonds is 6. The van der Waals surface area contributed by atoms with E-state index in [2.05, 4.69) is 11.1 Å². The van der Waals surface area contributed by atoms with Gasteiger partial charge in [-0.15, -0.1) is 6.42 Å². The summed E-state index contributed by atoms with van der Waals surface area (Å²) in [6.07, 6.45) is 6.59. The molecule has 26 heavy (non-hydrogen) atoms. The highest BCUT2D eigenvalue weighted by Crippen LogP contribution is 2.57. The second-order valence-electron chi connectivity index (χ2n) is 6.73. The number of fused-ring (bicyclic) bond motifs is 1. The third kappa shape index (κ3) is 2.94. The maximum atomic E-state index is 12.4. The fourth-order valence-electron chi connectivity index (χ4n) is 3.16. The van der Waals surface area contributed by atoms with Crippen molar-refractivity contribution < 1.29 is 24.0 Å². The van der Waals surface area contributed by atoms with E-state index in [0.717, 1.165) is 4.90 Å². The van der Waals surface area contributed by atoms with E-state index >= 15 is 0 Å². The minimum absolute atomic E-state index is 0.0541. The lowest BCUT2D eigenvalue weighted by Gasteiger charge is -2.14. The van der Waals surface area contributed by atoms with Gasteiger partial charge in [-0.1, -0.05) is 37.1 Å². The zero-order valence-electron chi connectivity index (χ0n) is 14.5. The Bertz CT molecular complexity index is 802. The fourth-order valence-corrected chi connectivity index (χ4v) is 3.16. The van der Waals surface area contributed by atoms with E-state index in [1.807, 2.05) is 13.8 Å². The summed E-state index contributed by atoms with van der Waals surface area (Å²) in [6, 6.07) is 6.50. The van der Waals surface area contributed by atoms with Gasteiger partial charge in [0.1, 0.15) is 0 Å². The van der Waals surface area contributed by atoms with Crippen LogP contribution in [-0.2, 0) is 14.4 Å². The number of benzene rings is 1. The lowest BCUT2D eigenvalue weighted by Crippen LogP contribution is -2.33. The molecule has 0 radical (unpaired) electrons. The molecular weight excluding hydrogens is 336 g/mol. The van der Waals surface area contributed by atoms with Gasteiger partial charge in [0, 0.05) is 12.1 Å². The van der Waals surface area contributed by atoms with Crippen LogP contribution in [0, 0.1) is 29.6 Å². The molecule has 1 aliphatic heterocycles. The van der Waals surface area contributed by atoms with Gasteiger partial charge in [0.25, 0.3) is 11.8 Å². The van der Waals surface area contributed by atoms with Crippen LogP contribution in [-0.4, -0.2) is 42.2 Å². The second kappa shape index (κ2) is 6.64. The van der Waals surface area contributed by atoms with Gasteiger partial charge in [0.15, 0.2) is 13.3 Å². The van der Waals surface area contributed by atoms with Crippen LogP contribution in [0.3, 0.4) is 0 Å². The highest BCUT2D eigenvalue weighted by Gasteiger charge is 2.62. The number of terminal acetylenes is 1. The van der Waals surface area contributed by atoms with Gasteiger partial charge in [-0.2, -0.15) is 0 Å². The van der Waals surface area contributed by atoms with E-state index in [1.54, 1.807) is 24.3 Å². The summed E-state index contributed by atoms with van der Waals surface area (Å²) in [4.78, 5) is 42.6. The molecule has 1 saturated carbocycles. The normalized spacial score (nSPS) is 22.9. The second-order valence-corrected chi connectivity index (χ2v) is 6.73. The number of esters is 1. The largest absolute Gasteiger partial charge is 0.443 e. The summed E-state index contributed by atoms with van der Waals surface area (Å²) in [7, 11) is 0. The quantitative estimate of drug-likeness (QED) is 0.194. The Balaban J connectivity index is 1.59. The molecular formula is C19H18N2O5. The SMILES string of the molecule is C#CCON=C[C@H]1[C@@H](C(=O)OCN2C(=O)c3ccccc3C2=O)C1(C)C. The molecule has 0 aromatic heterocycles. The predicted octanol–water partition coefficient (Wildman–Crippen LogP) is 1.69. The van der Waals surface area contributed by atoms with Crippen LogP contribution < -0.4 is 0 Å². The molecule has 1 heterocycles. The van der Waals surface area contributed by atoms with Gasteiger partial charge < -0.3 is 9.57 Å². The first kappa shape index (κ1) is 17.7. The predicted molar refractivity (Wildman–Crippen MR) is 91.9 cm³/mol. The first-order chi connectivity index (χ1) is 12.4. The highest BCUT2D eigenvalue weighted by atomic mass is 16.6. The fraction of sp³-hybridized carbons (Fsp3) is 0.368. The number of nitrogens with zero attached hydrogens (tertiary/aromatic N) is 2. The third-order valence-corrected chi connectivity index (χ3v) is 4.82. The number of oxime groups is 1. The van der Waals surface area contributed by atoms with Crippen molar-refractivity contribution in [1.29, 1.82) is 0 Å². The highest BCUT2D eigenvalue weighted by molar-refractivity contribution is 6.21. The molecule has 7 nitrogen and oxygen atoms in total. The third-order valence-electron chi connectivity index (χ3n) is 4.82. The molecule has 0 N–H and O–H groups in total. The summed E-state index contributed by atoms with van der Waals surface area (Å²) in [5.41, 5.74) is 0.286. The number of hydrogen-bond donors (Lipinski definition) is 0. The van der Waals surface area contributed by atoms with Crippen molar-refractivity contribution in [2.45, 2.75) is 13.8 Å². The molecule has 2 aliphatic rings. The van der Waals surface area contributed by atoms with Gasteiger partial charge in [-0.05, 0) is 17.5 Å². The molecule has 2 amide bonds. The van der Waals surface area contributed by atoms with Crippen LogP contribution in [0.25, 0.3) is 0 Å². The average Bonchev–Trinajstić information content (AvgIpc) is 3.09. The van der Waals surface area contributed by atoms with Crippen LogP contribution >= 0.6 is 0 Å². The Morgan fingerprint density at radius 2 is 1.92 bits per heavy atom. The molecule has 1 aromatic carbocycles. The molecule has 1 aromatic rings. The van der Waals surface area contributed by atoms with Crippen molar-refractivity contribution in [3.8, 4) is 12.3 Å². The number of amides is 2. The number of hydrogen-bond acceptors (Lipinski definition) is 6. The van der Waals surface area contributed by atoms with Crippen molar-refractivity contribution in [2.24, 2.45) is 22.4 Å². The Morgan fingerprint density at radius 3 is 2.50 bits per heavy atom. The van der Waals surface area contributed by atoms with Crippen LogP contribution in [0.4, 0.5) is 0 Å². The van der Waals surface area contributed by atoms with Crippen molar-refractivity contribution in [2.75, 3.05) is 13.3 Å². The number of carbonyl (C=O) groups excluding carboxylic acids is 3. The van der Waals surface area contributed by atoms with Crippen LogP contribution in [0.15, 0.2) is 29.4 Å². The Labute approximate surface area is 150 Å². The summed E-state index contributed by atoms with van der Waals surface area (Å²) in [5, 5.41) is 3.75.